The van der Waals surface area contributed by atoms with Crippen molar-refractivity contribution in [3.63, 3.8) is 0 Å². The van der Waals surface area contributed by atoms with Gasteiger partial charge in [0.2, 0.25) is 11.6 Å². The molecule has 0 spiro atoms. The second kappa shape index (κ2) is 8.29. The minimum Gasteiger partial charge on any atom is -0.378 e. The summed E-state index contributed by atoms with van der Waals surface area (Å²) in [5.41, 5.74) is 10.8. The number of nitrogens with one attached hydrogen (secondary N) is 1. The van der Waals surface area contributed by atoms with Crippen LogP contribution in [0.15, 0.2) is 34.0 Å². The van der Waals surface area contributed by atoms with E-state index in [0.29, 0.717) is 12.1 Å². The maximum atomic E-state index is 12.5. The summed E-state index contributed by atoms with van der Waals surface area (Å²) in [5, 5.41) is 19.1. The van der Waals surface area contributed by atoms with Crippen LogP contribution in [-0.4, -0.2) is 51.5 Å². The second-order valence-corrected chi connectivity index (χ2v) is 6.20. The molecule has 3 rings (SSSR count). The lowest BCUT2D eigenvalue weighted by atomic mass is 10.2. The number of anilines is 2. The zero-order valence-corrected chi connectivity index (χ0v) is 15.8. The first-order valence-corrected chi connectivity index (χ1v) is 8.65. The molecule has 28 heavy (non-hydrogen) atoms. The fourth-order valence-corrected chi connectivity index (χ4v) is 2.52. The zero-order valence-electron chi connectivity index (χ0n) is 15.8. The molecule has 1 aromatic carbocycles. The standard InChI is InChI=1S/C17H21N9O2/c1-4-5-13-14(20-24-26(13)16-15(18)22-28-23-16)17(27)21-19-10-11-6-8-12(9-7-11)25(2)3/h6-10H,4-5H2,1-3H3,(H2,18,22)(H,21,27)/b19-10-. The van der Waals surface area contributed by atoms with Crippen LogP contribution >= 0.6 is 0 Å². The van der Waals surface area contributed by atoms with Gasteiger partial charge in [-0.2, -0.15) is 9.78 Å². The maximum Gasteiger partial charge on any atom is 0.293 e. The molecule has 0 aliphatic heterocycles. The molecule has 2 aromatic heterocycles. The summed E-state index contributed by atoms with van der Waals surface area (Å²) in [5.74, 6) is -0.223. The van der Waals surface area contributed by atoms with Crippen molar-refractivity contribution in [1.29, 1.82) is 0 Å². The summed E-state index contributed by atoms with van der Waals surface area (Å²) < 4.78 is 5.95. The van der Waals surface area contributed by atoms with Crippen LogP contribution < -0.4 is 16.1 Å². The summed E-state index contributed by atoms with van der Waals surface area (Å²) in [4.78, 5) is 14.5. The van der Waals surface area contributed by atoms with Gasteiger partial charge < -0.3 is 10.6 Å². The third-order valence-electron chi connectivity index (χ3n) is 3.95. The Labute approximate surface area is 161 Å². The number of carbonyl (C=O) groups excluding carboxylic acids is 1. The number of amides is 1. The Morgan fingerprint density at radius 2 is 2.07 bits per heavy atom. The number of nitrogen functional groups attached to an aromatic ring is 1. The van der Waals surface area contributed by atoms with Gasteiger partial charge in [-0.15, -0.1) is 5.10 Å². The summed E-state index contributed by atoms with van der Waals surface area (Å²) >= 11 is 0. The number of aromatic nitrogens is 5. The molecule has 11 nitrogen and oxygen atoms in total. The van der Waals surface area contributed by atoms with E-state index in [9.17, 15) is 4.79 Å². The average Bonchev–Trinajstić information content (AvgIpc) is 3.28. The molecule has 0 saturated heterocycles. The molecular weight excluding hydrogens is 362 g/mol. The highest BCUT2D eigenvalue weighted by Gasteiger charge is 2.23. The lowest BCUT2D eigenvalue weighted by molar-refractivity contribution is 0.0949. The minimum absolute atomic E-state index is 0.0633. The topological polar surface area (TPSA) is 140 Å². The third kappa shape index (κ3) is 3.98. The van der Waals surface area contributed by atoms with Gasteiger partial charge in [0.1, 0.15) is 0 Å². The molecule has 0 saturated carbocycles. The third-order valence-corrected chi connectivity index (χ3v) is 3.95. The molecule has 0 bridgehead atoms. The molecule has 0 radical (unpaired) electrons. The monoisotopic (exact) mass is 383 g/mol. The highest BCUT2D eigenvalue weighted by Crippen LogP contribution is 2.17. The van der Waals surface area contributed by atoms with E-state index in [4.69, 9.17) is 5.73 Å². The summed E-state index contributed by atoms with van der Waals surface area (Å²) in [7, 11) is 3.93. The van der Waals surface area contributed by atoms with Crippen LogP contribution in [0.4, 0.5) is 11.5 Å². The molecule has 0 aliphatic carbocycles. The van der Waals surface area contributed by atoms with Crippen LogP contribution in [0.5, 0.6) is 0 Å². The smallest absolute Gasteiger partial charge is 0.293 e. The Morgan fingerprint density at radius 1 is 1.32 bits per heavy atom. The van der Waals surface area contributed by atoms with Crippen molar-refractivity contribution < 1.29 is 9.42 Å². The molecule has 0 atom stereocenters. The Hall–Kier alpha value is -3.76. The lowest BCUT2D eigenvalue weighted by Crippen LogP contribution is -2.20. The van der Waals surface area contributed by atoms with Crippen molar-refractivity contribution in [3.05, 3.63) is 41.2 Å². The molecule has 3 aromatic rings. The van der Waals surface area contributed by atoms with Crippen LogP contribution in [0.1, 0.15) is 35.1 Å². The van der Waals surface area contributed by atoms with Crippen molar-refractivity contribution in [2.45, 2.75) is 19.8 Å². The number of hydrogen-bond acceptors (Lipinski definition) is 9. The molecule has 0 fully saturated rings. The molecule has 1 amide bonds. The SMILES string of the molecule is CCCc1c(C(=O)N/N=C\c2ccc(N(C)C)cc2)nnn1-c1nonc1N. The van der Waals surface area contributed by atoms with Gasteiger partial charge in [0, 0.05) is 19.8 Å². The summed E-state index contributed by atoms with van der Waals surface area (Å²) in [6.45, 7) is 1.97. The van der Waals surface area contributed by atoms with E-state index in [1.54, 1.807) is 6.21 Å². The molecular formula is C17H21N9O2. The summed E-state index contributed by atoms with van der Waals surface area (Å²) in [6, 6.07) is 7.74. The number of benzene rings is 1. The normalized spacial score (nSPS) is 11.1. The summed E-state index contributed by atoms with van der Waals surface area (Å²) in [6.07, 6.45) is 2.86. The number of rotatable bonds is 7. The fourth-order valence-electron chi connectivity index (χ4n) is 2.52. The van der Waals surface area contributed by atoms with E-state index in [0.717, 1.165) is 17.7 Å². The Balaban J connectivity index is 1.75. The van der Waals surface area contributed by atoms with E-state index in [1.807, 2.05) is 50.2 Å². The first kappa shape index (κ1) is 19.0. The molecule has 146 valence electrons. The predicted molar refractivity (Wildman–Crippen MR) is 103 cm³/mol. The second-order valence-electron chi connectivity index (χ2n) is 6.20. The first-order chi connectivity index (χ1) is 13.5. The van der Waals surface area contributed by atoms with Gasteiger partial charge in [-0.1, -0.05) is 30.7 Å². The number of hydrogen-bond donors (Lipinski definition) is 2. The van der Waals surface area contributed by atoms with Crippen molar-refractivity contribution in [2.75, 3.05) is 24.7 Å². The lowest BCUT2D eigenvalue weighted by Gasteiger charge is -2.11. The van der Waals surface area contributed by atoms with E-state index in [2.05, 4.69) is 35.8 Å². The van der Waals surface area contributed by atoms with Crippen LogP contribution in [-0.2, 0) is 6.42 Å². The van der Waals surface area contributed by atoms with Gasteiger partial charge in [0.05, 0.1) is 11.9 Å². The van der Waals surface area contributed by atoms with Crippen molar-refractivity contribution >= 4 is 23.6 Å². The van der Waals surface area contributed by atoms with Crippen LogP contribution in [0.3, 0.4) is 0 Å². The quantitative estimate of drug-likeness (QED) is 0.455. The number of nitrogens with two attached hydrogens (primary N) is 1. The highest BCUT2D eigenvalue weighted by molar-refractivity contribution is 5.94. The largest absolute Gasteiger partial charge is 0.378 e. The Bertz CT molecular complexity index is 973. The number of hydrazone groups is 1. The van der Waals surface area contributed by atoms with Gasteiger partial charge in [-0.25, -0.2) is 10.1 Å². The highest BCUT2D eigenvalue weighted by atomic mass is 16.6. The molecule has 11 heteroatoms. The molecule has 0 unspecified atom stereocenters. The van der Waals surface area contributed by atoms with Gasteiger partial charge in [0.15, 0.2) is 5.69 Å². The molecule has 0 aliphatic rings. The van der Waals surface area contributed by atoms with Gasteiger partial charge in [0.25, 0.3) is 5.91 Å². The van der Waals surface area contributed by atoms with Crippen molar-refractivity contribution in [3.8, 4) is 5.82 Å². The van der Waals surface area contributed by atoms with E-state index in [-0.39, 0.29) is 17.3 Å². The van der Waals surface area contributed by atoms with Gasteiger partial charge in [-0.05, 0) is 34.4 Å². The fraction of sp³-hybridized carbons (Fsp3) is 0.294. The molecule has 2 heterocycles. The number of nitrogens with zero attached hydrogens (tertiary/aromatic N) is 7. The van der Waals surface area contributed by atoms with E-state index in [1.165, 1.54) is 4.68 Å². The minimum atomic E-state index is -0.481. The Kier molecular flexibility index (Phi) is 5.63. The number of carbonyl (C=O) groups is 1. The average molecular weight is 383 g/mol. The zero-order chi connectivity index (χ0) is 20.1. The Morgan fingerprint density at radius 3 is 2.68 bits per heavy atom. The van der Waals surface area contributed by atoms with Crippen LogP contribution in [0.2, 0.25) is 0 Å². The predicted octanol–water partition coefficient (Wildman–Crippen LogP) is 1.01. The van der Waals surface area contributed by atoms with E-state index < -0.39 is 5.91 Å². The molecule has 3 N–H and O–H groups in total. The van der Waals surface area contributed by atoms with Crippen LogP contribution in [0, 0.1) is 0 Å². The van der Waals surface area contributed by atoms with E-state index >= 15 is 0 Å². The van der Waals surface area contributed by atoms with Gasteiger partial charge >= 0.3 is 0 Å². The maximum absolute atomic E-state index is 12.5. The van der Waals surface area contributed by atoms with Crippen LogP contribution in [0.25, 0.3) is 5.82 Å². The van der Waals surface area contributed by atoms with Crippen molar-refractivity contribution in [1.82, 2.24) is 30.7 Å². The first-order valence-electron chi connectivity index (χ1n) is 8.65. The van der Waals surface area contributed by atoms with Gasteiger partial charge in [-0.3, -0.25) is 4.79 Å². The van der Waals surface area contributed by atoms with Crippen molar-refractivity contribution in [2.24, 2.45) is 5.10 Å².